The van der Waals surface area contributed by atoms with Crippen molar-refractivity contribution in [2.45, 2.75) is 23.3 Å². The van der Waals surface area contributed by atoms with E-state index in [2.05, 4.69) is 5.32 Å². The Bertz CT molecular complexity index is 694. The van der Waals surface area contributed by atoms with Crippen LogP contribution in [0.3, 0.4) is 0 Å². The second kappa shape index (κ2) is 9.53. The van der Waals surface area contributed by atoms with Crippen LogP contribution in [0.25, 0.3) is 0 Å². The topological polar surface area (TPSA) is 66.4 Å². The molecule has 0 heterocycles. The van der Waals surface area contributed by atoms with E-state index in [-0.39, 0.29) is 11.7 Å². The summed E-state index contributed by atoms with van der Waals surface area (Å²) in [5.41, 5.74) is 2.15. The molecule has 25 heavy (non-hydrogen) atoms. The minimum atomic E-state index is -1.35. The Morgan fingerprint density at radius 2 is 1.48 bits per heavy atom. The lowest BCUT2D eigenvalue weighted by Gasteiger charge is -2.29. The van der Waals surface area contributed by atoms with Crippen molar-refractivity contribution in [3.63, 3.8) is 0 Å². The van der Waals surface area contributed by atoms with Gasteiger partial charge in [-0.1, -0.05) is 60.7 Å². The fraction of sp³-hybridized carbons (Fsp3) is 0.263. The van der Waals surface area contributed by atoms with Gasteiger partial charge >= 0.3 is 5.97 Å². The van der Waals surface area contributed by atoms with Crippen LogP contribution < -0.4 is 5.32 Å². The normalized spacial score (nSPS) is 13.0. The van der Waals surface area contributed by atoms with Gasteiger partial charge in [0.1, 0.15) is 0 Å². The molecule has 1 unspecified atom stereocenters. The molecule has 2 aromatic rings. The van der Waals surface area contributed by atoms with E-state index in [1.165, 1.54) is 30.4 Å². The van der Waals surface area contributed by atoms with Crippen molar-refractivity contribution >= 4 is 35.4 Å². The first-order valence-electron chi connectivity index (χ1n) is 7.83. The highest BCUT2D eigenvalue weighted by Gasteiger charge is 2.40. The molecule has 0 radical (unpaired) electrons. The average Bonchev–Trinajstić information content (AvgIpc) is 2.61. The number of carboxylic acids is 1. The number of amides is 1. The molecule has 1 amide bonds. The monoisotopic (exact) mass is 375 g/mol. The number of nitrogens with one attached hydrogen (secondary N) is 1. The van der Waals surface area contributed by atoms with E-state index >= 15 is 0 Å². The van der Waals surface area contributed by atoms with Gasteiger partial charge in [0.2, 0.25) is 5.91 Å². The summed E-state index contributed by atoms with van der Waals surface area (Å²) in [6, 6.07) is 19.5. The summed E-state index contributed by atoms with van der Waals surface area (Å²) in [6.45, 7) is 1.35. The van der Waals surface area contributed by atoms with Gasteiger partial charge in [-0.05, 0) is 11.1 Å². The van der Waals surface area contributed by atoms with Crippen molar-refractivity contribution in [3.05, 3.63) is 71.8 Å². The third kappa shape index (κ3) is 6.14. The number of benzene rings is 2. The van der Waals surface area contributed by atoms with E-state index in [0.29, 0.717) is 11.5 Å². The van der Waals surface area contributed by atoms with E-state index < -0.39 is 10.8 Å². The van der Waals surface area contributed by atoms with Gasteiger partial charge in [-0.3, -0.25) is 4.79 Å². The molecule has 0 spiro atoms. The van der Waals surface area contributed by atoms with Crippen molar-refractivity contribution in [1.29, 1.82) is 0 Å². The van der Waals surface area contributed by atoms with Crippen LogP contribution in [0.15, 0.2) is 60.7 Å². The predicted molar refractivity (Wildman–Crippen MR) is 105 cm³/mol. The minimum Gasteiger partial charge on any atom is -0.479 e. The number of carbonyl (C=O) groups is 2. The number of carbonyl (C=O) groups excluding carboxylic acids is 1. The highest BCUT2D eigenvalue weighted by Crippen LogP contribution is 2.31. The molecular formula is C19H21NO3S2. The van der Waals surface area contributed by atoms with E-state index in [4.69, 9.17) is 0 Å². The van der Waals surface area contributed by atoms with Gasteiger partial charge in [0.25, 0.3) is 0 Å². The summed E-state index contributed by atoms with van der Waals surface area (Å²) < 4.78 is 0. The molecule has 132 valence electrons. The van der Waals surface area contributed by atoms with Gasteiger partial charge in [-0.2, -0.15) is 11.8 Å². The first kappa shape index (κ1) is 19.4. The van der Waals surface area contributed by atoms with E-state index in [1.54, 1.807) is 0 Å². The van der Waals surface area contributed by atoms with E-state index in [9.17, 15) is 14.7 Å². The van der Waals surface area contributed by atoms with Crippen LogP contribution in [0.4, 0.5) is 0 Å². The van der Waals surface area contributed by atoms with Crippen LogP contribution >= 0.6 is 23.5 Å². The maximum atomic E-state index is 12.0. The zero-order chi connectivity index (χ0) is 18.1. The number of thioether (sulfide) groups is 2. The van der Waals surface area contributed by atoms with Crippen LogP contribution in [0.5, 0.6) is 0 Å². The number of hydrogen-bond acceptors (Lipinski definition) is 4. The lowest BCUT2D eigenvalue weighted by atomic mass is 10.2. The molecule has 0 saturated heterocycles. The van der Waals surface area contributed by atoms with E-state index in [0.717, 1.165) is 11.1 Å². The van der Waals surface area contributed by atoms with Gasteiger partial charge in [0.15, 0.2) is 4.87 Å². The molecule has 0 aromatic heterocycles. The number of aliphatic carboxylic acids is 1. The number of hydrogen-bond donors (Lipinski definition) is 2. The van der Waals surface area contributed by atoms with Gasteiger partial charge in [-0.15, -0.1) is 11.8 Å². The highest BCUT2D eigenvalue weighted by atomic mass is 32.2. The Morgan fingerprint density at radius 3 is 1.96 bits per heavy atom. The molecule has 2 rings (SSSR count). The van der Waals surface area contributed by atoms with Crippen LogP contribution in [0.1, 0.15) is 18.1 Å². The van der Waals surface area contributed by atoms with Crippen molar-refractivity contribution < 1.29 is 14.7 Å². The Labute approximate surface area is 156 Å². The Kier molecular flexibility index (Phi) is 7.40. The largest absolute Gasteiger partial charge is 0.479 e. The fourth-order valence-corrected chi connectivity index (χ4v) is 4.78. The van der Waals surface area contributed by atoms with Gasteiger partial charge in [0, 0.05) is 24.2 Å². The summed E-state index contributed by atoms with van der Waals surface area (Å²) in [6.07, 6.45) is 0. The van der Waals surface area contributed by atoms with Gasteiger partial charge in [0.05, 0.1) is 0 Å². The first-order chi connectivity index (χ1) is 12.0. The molecule has 0 aliphatic heterocycles. The second-order valence-corrected chi connectivity index (χ2v) is 7.83. The van der Waals surface area contributed by atoms with Gasteiger partial charge < -0.3 is 10.4 Å². The first-order valence-corrected chi connectivity index (χ1v) is 9.97. The molecule has 0 aliphatic carbocycles. The molecule has 6 heteroatoms. The summed E-state index contributed by atoms with van der Waals surface area (Å²) in [5.74, 6) is 0.127. The Balaban J connectivity index is 2.06. The number of rotatable bonds is 9. The lowest BCUT2D eigenvalue weighted by Crippen LogP contribution is -2.53. The standard InChI is InChI=1S/C19H21NO3S2/c1-15(21)20-19(18(22)23,25-13-17-10-6-3-7-11-17)14-24-12-16-8-4-2-5-9-16/h2-11H,12-14H2,1H3,(H,20,21)(H,22,23). The molecular weight excluding hydrogens is 354 g/mol. The third-order valence-electron chi connectivity index (χ3n) is 3.47. The predicted octanol–water partition coefficient (Wildman–Crippen LogP) is 3.77. The maximum absolute atomic E-state index is 12.0. The van der Waals surface area contributed by atoms with Crippen molar-refractivity contribution in [3.8, 4) is 0 Å². The van der Waals surface area contributed by atoms with Crippen LogP contribution in [0.2, 0.25) is 0 Å². The summed E-state index contributed by atoms with van der Waals surface area (Å²) >= 11 is 2.74. The maximum Gasteiger partial charge on any atom is 0.340 e. The zero-order valence-electron chi connectivity index (χ0n) is 14.0. The quantitative estimate of drug-likeness (QED) is 0.653. The van der Waals surface area contributed by atoms with Crippen LogP contribution in [-0.4, -0.2) is 27.6 Å². The molecule has 2 N–H and O–H groups in total. The highest BCUT2D eigenvalue weighted by molar-refractivity contribution is 8.03. The minimum absolute atomic E-state index is 0.286. The average molecular weight is 376 g/mol. The molecule has 0 saturated carbocycles. The molecule has 1 atom stereocenters. The van der Waals surface area contributed by atoms with Crippen molar-refractivity contribution in [1.82, 2.24) is 5.32 Å². The van der Waals surface area contributed by atoms with E-state index in [1.807, 2.05) is 60.7 Å². The summed E-state index contributed by atoms with van der Waals surface area (Å²) in [7, 11) is 0. The summed E-state index contributed by atoms with van der Waals surface area (Å²) in [4.78, 5) is 22.2. The molecule has 0 fully saturated rings. The molecule has 4 nitrogen and oxygen atoms in total. The molecule has 0 bridgehead atoms. The van der Waals surface area contributed by atoms with Crippen LogP contribution in [0, 0.1) is 0 Å². The fourth-order valence-electron chi connectivity index (χ4n) is 2.24. The summed E-state index contributed by atoms with van der Waals surface area (Å²) in [5, 5.41) is 12.5. The SMILES string of the molecule is CC(=O)NC(CSCc1ccccc1)(SCc1ccccc1)C(=O)O. The molecule has 0 aliphatic rings. The third-order valence-corrected chi connectivity index (χ3v) is 6.22. The van der Waals surface area contributed by atoms with Gasteiger partial charge in [-0.25, -0.2) is 4.79 Å². The lowest BCUT2D eigenvalue weighted by molar-refractivity contribution is -0.142. The Hall–Kier alpha value is -1.92. The second-order valence-electron chi connectivity index (χ2n) is 5.57. The number of carboxylic acid groups (broad SMARTS) is 1. The van der Waals surface area contributed by atoms with Crippen molar-refractivity contribution in [2.24, 2.45) is 0 Å². The van der Waals surface area contributed by atoms with Crippen molar-refractivity contribution in [2.75, 3.05) is 5.75 Å². The van der Waals surface area contributed by atoms with Crippen LogP contribution in [-0.2, 0) is 21.1 Å². The molecule has 2 aromatic carbocycles. The Morgan fingerprint density at radius 1 is 0.960 bits per heavy atom. The zero-order valence-corrected chi connectivity index (χ0v) is 15.6. The smallest absolute Gasteiger partial charge is 0.340 e.